The van der Waals surface area contributed by atoms with E-state index in [2.05, 4.69) is 10.6 Å². The van der Waals surface area contributed by atoms with E-state index in [4.69, 9.17) is 4.42 Å². The predicted molar refractivity (Wildman–Crippen MR) is 154 cm³/mol. The summed E-state index contributed by atoms with van der Waals surface area (Å²) < 4.78 is 19.5. The number of halogens is 1. The molecule has 10 heteroatoms. The van der Waals surface area contributed by atoms with Crippen LogP contribution in [-0.4, -0.2) is 28.9 Å². The normalized spacial score (nSPS) is 13.5. The first-order chi connectivity index (χ1) is 20.2. The average Bonchev–Trinajstić information content (AvgIpc) is 3.68. The highest BCUT2D eigenvalue weighted by Crippen LogP contribution is 2.46. The highest BCUT2D eigenvalue weighted by atomic mass is 19.1. The quantitative estimate of drug-likeness (QED) is 0.157. The molecule has 2 amide bonds. The molecule has 0 atom stereocenters. The second-order valence-electron chi connectivity index (χ2n) is 10.1. The zero-order valence-electron chi connectivity index (χ0n) is 22.3. The van der Waals surface area contributed by atoms with Crippen LogP contribution in [0.2, 0.25) is 0 Å². The third-order valence-corrected chi connectivity index (χ3v) is 7.54. The van der Waals surface area contributed by atoms with Crippen molar-refractivity contribution in [3.05, 3.63) is 118 Å². The molecule has 0 unspecified atom stereocenters. The van der Waals surface area contributed by atoms with Crippen molar-refractivity contribution in [3.8, 4) is 28.2 Å². The lowest BCUT2D eigenvalue weighted by Gasteiger charge is -2.18. The minimum absolute atomic E-state index is 0.0465. The monoisotopic (exact) mass is 565 g/mol. The van der Waals surface area contributed by atoms with E-state index in [0.717, 1.165) is 18.4 Å². The van der Waals surface area contributed by atoms with Crippen molar-refractivity contribution in [3.63, 3.8) is 0 Å². The van der Waals surface area contributed by atoms with Crippen LogP contribution in [0.3, 0.4) is 0 Å². The molecule has 210 valence electrons. The number of fused-ring (bicyclic) bond motifs is 1. The first-order valence-corrected chi connectivity index (χ1v) is 13.1. The van der Waals surface area contributed by atoms with Crippen molar-refractivity contribution in [2.45, 2.75) is 18.4 Å². The molecule has 4 aromatic carbocycles. The molecule has 5 aromatic rings. The van der Waals surface area contributed by atoms with Gasteiger partial charge >= 0.3 is 0 Å². The number of amides is 2. The van der Waals surface area contributed by atoms with Crippen LogP contribution in [0.1, 0.15) is 39.1 Å². The number of carbonyl (C=O) groups is 2. The van der Waals surface area contributed by atoms with E-state index in [9.17, 15) is 29.2 Å². The highest BCUT2D eigenvalue weighted by molar-refractivity contribution is 6.12. The van der Waals surface area contributed by atoms with Gasteiger partial charge in [-0.2, -0.15) is 0 Å². The molecule has 0 radical (unpaired) electrons. The van der Waals surface area contributed by atoms with Crippen LogP contribution < -0.4 is 10.6 Å². The predicted octanol–water partition coefficient (Wildman–Crippen LogP) is 6.30. The lowest BCUT2D eigenvalue weighted by Crippen LogP contribution is -2.34. The molecule has 0 aliphatic heterocycles. The standard InChI is InChI=1S/C32H24FN3O6/c1-34-31(39)28-24-16-22(25(36(40)41)17-27(24)42-29(28)18-7-10-21(33)11-8-18)19-9-12-26(37)23(15-19)30(38)35-32(13-14-32)20-5-3-2-4-6-20/h2-12,15-17,37H,13-14H2,1H3,(H,34,39)(H,35,38). The Morgan fingerprint density at radius 2 is 1.64 bits per heavy atom. The van der Waals surface area contributed by atoms with Crippen LogP contribution in [0.25, 0.3) is 33.4 Å². The molecule has 1 aliphatic rings. The third-order valence-electron chi connectivity index (χ3n) is 7.54. The Balaban J connectivity index is 1.47. The molecule has 1 saturated carbocycles. The SMILES string of the molecule is CNC(=O)c1c(-c2ccc(F)cc2)oc2cc([N+](=O)[O-])c(-c3ccc(O)c(C(=O)NC4(c5ccccc5)CC4)c3)cc12. The van der Waals surface area contributed by atoms with Crippen molar-refractivity contribution in [1.29, 1.82) is 0 Å². The van der Waals surface area contributed by atoms with Gasteiger partial charge in [0, 0.05) is 18.0 Å². The summed E-state index contributed by atoms with van der Waals surface area (Å²) in [5.41, 5.74) is 1.04. The summed E-state index contributed by atoms with van der Waals surface area (Å²) in [6.07, 6.45) is 1.48. The number of nitro groups is 1. The maximum Gasteiger partial charge on any atom is 0.280 e. The number of phenolic OH excluding ortho intramolecular Hbond substituents is 1. The average molecular weight is 566 g/mol. The Morgan fingerprint density at radius 3 is 2.29 bits per heavy atom. The van der Waals surface area contributed by atoms with Gasteiger partial charge in [0.1, 0.15) is 22.9 Å². The number of phenols is 1. The van der Waals surface area contributed by atoms with Gasteiger partial charge in [-0.3, -0.25) is 19.7 Å². The lowest BCUT2D eigenvalue weighted by molar-refractivity contribution is -0.384. The molecule has 0 bridgehead atoms. The first-order valence-electron chi connectivity index (χ1n) is 13.1. The number of nitro benzene ring substituents is 1. The summed E-state index contributed by atoms with van der Waals surface area (Å²) in [5, 5.41) is 28.6. The van der Waals surface area contributed by atoms with Crippen molar-refractivity contribution >= 4 is 28.5 Å². The van der Waals surface area contributed by atoms with Crippen molar-refractivity contribution in [1.82, 2.24) is 10.6 Å². The highest BCUT2D eigenvalue weighted by Gasteiger charge is 2.46. The second-order valence-corrected chi connectivity index (χ2v) is 10.1. The summed E-state index contributed by atoms with van der Waals surface area (Å²) in [6, 6.07) is 21.7. The maximum absolute atomic E-state index is 13.6. The van der Waals surface area contributed by atoms with Gasteiger partial charge in [0.2, 0.25) is 0 Å². The van der Waals surface area contributed by atoms with Crippen LogP contribution >= 0.6 is 0 Å². The number of rotatable bonds is 7. The van der Waals surface area contributed by atoms with Gasteiger partial charge in [0.15, 0.2) is 0 Å². The fourth-order valence-corrected chi connectivity index (χ4v) is 5.21. The Hall–Kier alpha value is -5.51. The van der Waals surface area contributed by atoms with E-state index in [-0.39, 0.29) is 50.4 Å². The zero-order chi connectivity index (χ0) is 29.6. The Labute approximate surface area is 238 Å². The van der Waals surface area contributed by atoms with E-state index >= 15 is 0 Å². The largest absolute Gasteiger partial charge is 0.507 e. The number of furan rings is 1. The smallest absolute Gasteiger partial charge is 0.280 e. The number of hydrogen-bond donors (Lipinski definition) is 3. The van der Waals surface area contributed by atoms with Gasteiger partial charge in [-0.1, -0.05) is 36.4 Å². The van der Waals surface area contributed by atoms with E-state index in [1.165, 1.54) is 61.6 Å². The molecule has 42 heavy (non-hydrogen) atoms. The zero-order valence-corrected chi connectivity index (χ0v) is 22.3. The molecule has 0 spiro atoms. The molecule has 6 rings (SSSR count). The van der Waals surface area contributed by atoms with Crippen LogP contribution in [0.15, 0.2) is 89.3 Å². The molecule has 0 saturated heterocycles. The van der Waals surface area contributed by atoms with Crippen LogP contribution in [0, 0.1) is 15.9 Å². The molecular weight excluding hydrogens is 541 g/mol. The van der Waals surface area contributed by atoms with Crippen LogP contribution in [0.5, 0.6) is 5.75 Å². The topological polar surface area (TPSA) is 135 Å². The summed E-state index contributed by atoms with van der Waals surface area (Å²) in [5.74, 6) is -1.66. The van der Waals surface area contributed by atoms with Crippen LogP contribution in [-0.2, 0) is 5.54 Å². The van der Waals surface area contributed by atoms with Gasteiger partial charge in [-0.15, -0.1) is 0 Å². The minimum Gasteiger partial charge on any atom is -0.507 e. The number of nitrogens with zero attached hydrogens (tertiary/aromatic N) is 1. The summed E-state index contributed by atoms with van der Waals surface area (Å²) in [7, 11) is 1.44. The van der Waals surface area contributed by atoms with Gasteiger partial charge in [0.05, 0.1) is 33.2 Å². The van der Waals surface area contributed by atoms with Gasteiger partial charge in [-0.25, -0.2) is 4.39 Å². The molecule has 9 nitrogen and oxygen atoms in total. The Bertz CT molecular complexity index is 1880. The summed E-state index contributed by atoms with van der Waals surface area (Å²) in [4.78, 5) is 38.0. The lowest BCUT2D eigenvalue weighted by atomic mass is 9.96. The fourth-order valence-electron chi connectivity index (χ4n) is 5.21. The number of aromatic hydroxyl groups is 1. The fraction of sp³-hybridized carbons (Fsp3) is 0.125. The molecular formula is C32H24FN3O6. The van der Waals surface area contributed by atoms with Crippen molar-refractivity contribution < 1.29 is 28.4 Å². The number of nitrogens with one attached hydrogen (secondary N) is 2. The van der Waals surface area contributed by atoms with Gasteiger partial charge in [-0.05, 0) is 66.4 Å². The minimum atomic E-state index is -0.588. The van der Waals surface area contributed by atoms with E-state index in [1.54, 1.807) is 0 Å². The van der Waals surface area contributed by atoms with Crippen molar-refractivity contribution in [2.75, 3.05) is 7.05 Å². The maximum atomic E-state index is 13.6. The van der Waals surface area contributed by atoms with Crippen LogP contribution in [0.4, 0.5) is 10.1 Å². The van der Waals surface area contributed by atoms with Gasteiger partial charge in [0.25, 0.3) is 17.5 Å². The number of benzene rings is 4. The number of carbonyl (C=O) groups excluding carboxylic acids is 2. The molecule has 1 aliphatic carbocycles. The molecule has 3 N–H and O–H groups in total. The summed E-state index contributed by atoms with van der Waals surface area (Å²) >= 11 is 0. The Morgan fingerprint density at radius 1 is 0.952 bits per heavy atom. The second kappa shape index (κ2) is 10.2. The van der Waals surface area contributed by atoms with Crippen molar-refractivity contribution in [2.24, 2.45) is 0 Å². The third kappa shape index (κ3) is 4.62. The van der Waals surface area contributed by atoms with E-state index < -0.39 is 28.1 Å². The number of hydrogen-bond acceptors (Lipinski definition) is 6. The van der Waals surface area contributed by atoms with Gasteiger partial charge < -0.3 is 20.2 Å². The molecule has 1 fully saturated rings. The molecule has 1 heterocycles. The first kappa shape index (κ1) is 26.7. The molecule has 1 aromatic heterocycles. The van der Waals surface area contributed by atoms with E-state index in [0.29, 0.717) is 5.56 Å². The summed E-state index contributed by atoms with van der Waals surface area (Å²) in [6.45, 7) is 0. The Kier molecular flexibility index (Phi) is 6.45. The van der Waals surface area contributed by atoms with E-state index in [1.807, 2.05) is 30.3 Å².